The second-order valence-electron chi connectivity index (χ2n) is 8.93. The zero-order valence-corrected chi connectivity index (χ0v) is 21.1. The number of nitrogens with zero attached hydrogens (tertiary/aromatic N) is 2. The van der Waals surface area contributed by atoms with Gasteiger partial charge in [-0.1, -0.05) is 57.6 Å². The summed E-state index contributed by atoms with van der Waals surface area (Å²) in [4.78, 5) is 14.6. The quantitative estimate of drug-likeness (QED) is 0.104. The Bertz CT molecular complexity index is 720. The van der Waals surface area contributed by atoms with Gasteiger partial charge in [0.2, 0.25) is 5.78 Å². The fourth-order valence-electron chi connectivity index (χ4n) is 4.19. The van der Waals surface area contributed by atoms with Crippen LogP contribution >= 0.6 is 0 Å². The van der Waals surface area contributed by atoms with Gasteiger partial charge < -0.3 is 10.2 Å². The SMILES string of the molecule is CCCCCCCC/C=C/CCCCCC(=O)C1=[N+](CC(O)CS(=O)(=O)O)CCN1CCO. The van der Waals surface area contributed by atoms with Crippen LogP contribution < -0.4 is 0 Å². The van der Waals surface area contributed by atoms with E-state index in [1.165, 1.54) is 38.5 Å². The van der Waals surface area contributed by atoms with Crippen LogP contribution in [-0.4, -0.2) is 88.9 Å². The Hall–Kier alpha value is -1.29. The van der Waals surface area contributed by atoms with E-state index in [1.807, 2.05) is 0 Å². The minimum absolute atomic E-state index is 0.0494. The molecular formula is C24H45N2O6S+. The van der Waals surface area contributed by atoms with Crippen molar-refractivity contribution < 1.29 is 32.6 Å². The van der Waals surface area contributed by atoms with Gasteiger partial charge in [-0.05, 0) is 32.1 Å². The molecule has 0 saturated carbocycles. The van der Waals surface area contributed by atoms with Gasteiger partial charge in [0.1, 0.15) is 38.0 Å². The summed E-state index contributed by atoms with van der Waals surface area (Å²) in [5.41, 5.74) is 0. The zero-order valence-electron chi connectivity index (χ0n) is 20.3. The molecule has 0 radical (unpaired) electrons. The number of aliphatic hydroxyl groups is 2. The molecule has 0 fully saturated rings. The van der Waals surface area contributed by atoms with Crippen LogP contribution in [0, 0.1) is 0 Å². The van der Waals surface area contributed by atoms with Crippen molar-refractivity contribution >= 4 is 21.7 Å². The minimum Gasteiger partial charge on any atom is -0.392 e. The first-order valence-corrected chi connectivity index (χ1v) is 14.2. The van der Waals surface area contributed by atoms with Crippen LogP contribution in [-0.2, 0) is 14.9 Å². The second-order valence-corrected chi connectivity index (χ2v) is 10.4. The van der Waals surface area contributed by atoms with Crippen LogP contribution in [0.3, 0.4) is 0 Å². The fourth-order valence-corrected chi connectivity index (χ4v) is 4.78. The molecular weight excluding hydrogens is 444 g/mol. The first-order chi connectivity index (χ1) is 15.8. The lowest BCUT2D eigenvalue weighted by atomic mass is 10.1. The van der Waals surface area contributed by atoms with Crippen molar-refractivity contribution in [3.05, 3.63) is 12.2 Å². The van der Waals surface area contributed by atoms with E-state index in [4.69, 9.17) is 4.55 Å². The summed E-state index contributed by atoms with van der Waals surface area (Å²) in [5.74, 6) is -0.395. The smallest absolute Gasteiger partial charge is 0.316 e. The van der Waals surface area contributed by atoms with Gasteiger partial charge in [-0.2, -0.15) is 8.42 Å². The maximum Gasteiger partial charge on any atom is 0.316 e. The molecule has 1 aliphatic rings. The highest BCUT2D eigenvalue weighted by Crippen LogP contribution is 2.11. The van der Waals surface area contributed by atoms with Crippen LogP contribution in [0.15, 0.2) is 12.2 Å². The predicted octanol–water partition coefficient (Wildman–Crippen LogP) is 2.78. The van der Waals surface area contributed by atoms with E-state index in [2.05, 4.69) is 19.1 Å². The second kappa shape index (κ2) is 17.2. The highest BCUT2D eigenvalue weighted by molar-refractivity contribution is 7.85. The first-order valence-electron chi connectivity index (χ1n) is 12.6. The number of rotatable bonds is 20. The topological polar surface area (TPSA) is 118 Å². The van der Waals surface area contributed by atoms with E-state index >= 15 is 0 Å². The van der Waals surface area contributed by atoms with E-state index in [-0.39, 0.29) is 18.9 Å². The van der Waals surface area contributed by atoms with Crippen LogP contribution in [0.1, 0.15) is 84.0 Å². The van der Waals surface area contributed by atoms with Gasteiger partial charge in [-0.15, -0.1) is 0 Å². The summed E-state index contributed by atoms with van der Waals surface area (Å²) in [6.45, 7) is 3.40. The average Bonchev–Trinajstić information content (AvgIpc) is 3.12. The normalized spacial score (nSPS) is 15.7. The van der Waals surface area contributed by atoms with Gasteiger partial charge in [0.15, 0.2) is 0 Å². The van der Waals surface area contributed by atoms with Gasteiger partial charge in [0.05, 0.1) is 6.61 Å². The van der Waals surface area contributed by atoms with E-state index < -0.39 is 22.0 Å². The van der Waals surface area contributed by atoms with Crippen molar-refractivity contribution in [2.45, 2.75) is 90.1 Å². The highest BCUT2D eigenvalue weighted by Gasteiger charge is 2.36. The van der Waals surface area contributed by atoms with Crippen LogP contribution in [0.4, 0.5) is 0 Å². The maximum atomic E-state index is 12.8. The number of allylic oxidation sites excluding steroid dienone is 2. The number of carbonyl (C=O) groups excluding carboxylic acids is 1. The lowest BCUT2D eigenvalue weighted by Gasteiger charge is -2.13. The van der Waals surface area contributed by atoms with Crippen LogP contribution in [0.5, 0.6) is 0 Å². The standard InChI is InChI=1S/C24H44N2O6S/c1-2-3-4-5-6-7-8-9-10-11-12-13-14-15-23(29)24-25(18-19-27)16-17-26(24)20-22(28)21-33(30,31)32/h9-10,22,27-28H,2-8,11-21H2,1H3/p+1/b10-9+. The molecule has 1 heterocycles. The molecule has 1 rings (SSSR count). The van der Waals surface area contributed by atoms with E-state index in [0.29, 0.717) is 31.9 Å². The van der Waals surface area contributed by atoms with Crippen LogP contribution in [0.2, 0.25) is 0 Å². The molecule has 0 bridgehead atoms. The van der Waals surface area contributed by atoms with Crippen molar-refractivity contribution in [3.8, 4) is 0 Å². The number of unbranched alkanes of at least 4 members (excludes halogenated alkanes) is 9. The molecule has 8 nitrogen and oxygen atoms in total. The molecule has 0 amide bonds. The van der Waals surface area contributed by atoms with Gasteiger partial charge in [0, 0.05) is 6.42 Å². The molecule has 0 spiro atoms. The third kappa shape index (κ3) is 13.9. The van der Waals surface area contributed by atoms with E-state index in [0.717, 1.165) is 32.1 Å². The number of ketones is 1. The molecule has 1 unspecified atom stereocenters. The summed E-state index contributed by atoms with van der Waals surface area (Å²) in [6.07, 6.45) is 16.4. The van der Waals surface area contributed by atoms with Gasteiger partial charge in [-0.3, -0.25) is 18.8 Å². The van der Waals surface area contributed by atoms with Gasteiger partial charge in [0.25, 0.3) is 10.1 Å². The molecule has 0 aromatic carbocycles. The molecule has 0 saturated heterocycles. The summed E-state index contributed by atoms with van der Waals surface area (Å²) >= 11 is 0. The van der Waals surface area contributed by atoms with Crippen molar-refractivity contribution in [1.82, 2.24) is 4.90 Å². The van der Waals surface area contributed by atoms with Gasteiger partial charge in [-0.25, -0.2) is 0 Å². The third-order valence-corrected chi connectivity index (χ3v) is 6.66. The third-order valence-electron chi connectivity index (χ3n) is 5.86. The monoisotopic (exact) mass is 489 g/mol. The Labute approximate surface area is 200 Å². The summed E-state index contributed by atoms with van der Waals surface area (Å²) in [5, 5.41) is 19.3. The molecule has 192 valence electrons. The molecule has 0 aromatic rings. The Balaban J connectivity index is 2.36. The Morgan fingerprint density at radius 1 is 1.06 bits per heavy atom. The minimum atomic E-state index is -4.29. The molecule has 3 N–H and O–H groups in total. The molecule has 0 aliphatic carbocycles. The highest BCUT2D eigenvalue weighted by atomic mass is 32.2. The number of β-amino-alcohol motifs (C(OH)–C–C–N with tert-alkyl or cyclic N) is 2. The Morgan fingerprint density at radius 3 is 2.27 bits per heavy atom. The number of hydrogen-bond acceptors (Lipinski definition) is 6. The van der Waals surface area contributed by atoms with Crippen molar-refractivity contribution in [2.75, 3.05) is 38.5 Å². The lowest BCUT2D eigenvalue weighted by molar-refractivity contribution is -0.525. The average molecular weight is 490 g/mol. The molecule has 1 atom stereocenters. The Kier molecular flexibility index (Phi) is 15.5. The van der Waals surface area contributed by atoms with E-state index in [1.54, 1.807) is 9.48 Å². The largest absolute Gasteiger partial charge is 0.392 e. The van der Waals surface area contributed by atoms with Crippen molar-refractivity contribution in [3.63, 3.8) is 0 Å². The molecule has 0 aromatic heterocycles. The number of aliphatic hydroxyl groups excluding tert-OH is 2. The Morgan fingerprint density at radius 2 is 1.67 bits per heavy atom. The summed E-state index contributed by atoms with van der Waals surface area (Å²) in [7, 11) is -4.29. The number of amidine groups is 1. The molecule has 9 heteroatoms. The lowest BCUT2D eigenvalue weighted by Crippen LogP contribution is -2.40. The predicted molar refractivity (Wildman–Crippen MR) is 131 cm³/mol. The van der Waals surface area contributed by atoms with Gasteiger partial charge >= 0.3 is 5.84 Å². The number of Topliss-reactive ketones (excluding diaryl/α,β-unsaturated/α-hetero) is 1. The zero-order chi connectivity index (χ0) is 24.5. The summed E-state index contributed by atoms with van der Waals surface area (Å²) < 4.78 is 32.6. The molecule has 1 aliphatic heterocycles. The molecule has 33 heavy (non-hydrogen) atoms. The van der Waals surface area contributed by atoms with Crippen LogP contribution in [0.25, 0.3) is 0 Å². The summed E-state index contributed by atoms with van der Waals surface area (Å²) in [6, 6.07) is 0. The fraction of sp³-hybridized carbons (Fsp3) is 0.833. The van der Waals surface area contributed by atoms with Crippen molar-refractivity contribution in [1.29, 1.82) is 0 Å². The van der Waals surface area contributed by atoms with E-state index in [9.17, 15) is 23.4 Å². The first kappa shape index (κ1) is 29.7. The number of hydrogen-bond donors (Lipinski definition) is 3. The maximum absolute atomic E-state index is 12.8. The van der Waals surface area contributed by atoms with Crippen molar-refractivity contribution in [2.24, 2.45) is 0 Å². The number of carbonyl (C=O) groups is 1.